The fraction of sp³-hybridized carbons (Fsp3) is 0.100. The van der Waals surface area contributed by atoms with Gasteiger partial charge in [0.2, 0.25) is 0 Å². The maximum Gasteiger partial charge on any atom is 0.260 e. The van der Waals surface area contributed by atoms with Crippen molar-refractivity contribution >= 4 is 28.8 Å². The molecule has 122 valence electrons. The molecule has 2 aromatic rings. The van der Waals surface area contributed by atoms with E-state index < -0.39 is 0 Å². The highest BCUT2D eigenvalue weighted by Gasteiger charge is 2.42. The van der Waals surface area contributed by atoms with Crippen LogP contribution in [0.1, 0.15) is 15.3 Å². The van der Waals surface area contributed by atoms with Crippen LogP contribution >= 0.6 is 11.3 Å². The molecule has 0 aliphatic carbocycles. The lowest BCUT2D eigenvalue weighted by molar-refractivity contribution is -0.123. The normalized spacial score (nSPS) is 16.2. The van der Waals surface area contributed by atoms with E-state index in [2.05, 4.69) is 11.8 Å². The Morgan fingerprint density at radius 1 is 0.920 bits per heavy atom. The van der Waals surface area contributed by atoms with Gasteiger partial charge in [-0.2, -0.15) is 0 Å². The summed E-state index contributed by atoms with van der Waals surface area (Å²) in [4.78, 5) is 29.6. The van der Waals surface area contributed by atoms with Gasteiger partial charge in [0.1, 0.15) is 0 Å². The van der Waals surface area contributed by atoms with Crippen molar-refractivity contribution in [3.63, 3.8) is 0 Å². The second-order valence-corrected chi connectivity index (χ2v) is 6.91. The predicted octanol–water partition coefficient (Wildman–Crippen LogP) is 2.69. The number of fused-ring (bicyclic) bond motifs is 1. The van der Waals surface area contributed by atoms with Crippen molar-refractivity contribution in [2.24, 2.45) is 0 Å². The number of hydrogen-bond donors (Lipinski definition) is 0. The van der Waals surface area contributed by atoms with Crippen LogP contribution in [0, 0.1) is 11.8 Å². The molecular formula is C20H14N2O2S. The molecule has 0 spiro atoms. The molecule has 4 rings (SSSR count). The first kappa shape index (κ1) is 15.4. The zero-order valence-corrected chi connectivity index (χ0v) is 14.6. The lowest BCUT2D eigenvalue weighted by atomic mass is 10.1. The Morgan fingerprint density at radius 3 is 2.44 bits per heavy atom. The quantitative estimate of drug-likeness (QED) is 0.745. The predicted molar refractivity (Wildman–Crippen MR) is 97.3 cm³/mol. The van der Waals surface area contributed by atoms with Crippen molar-refractivity contribution in [3.8, 4) is 11.8 Å². The Balaban J connectivity index is 1.72. The number of benzene rings is 1. The summed E-state index contributed by atoms with van der Waals surface area (Å²) >= 11 is 1.48. The van der Waals surface area contributed by atoms with Gasteiger partial charge in [0.15, 0.2) is 0 Å². The molecule has 0 N–H and O–H groups in total. The van der Waals surface area contributed by atoms with Gasteiger partial charge >= 0.3 is 0 Å². The average Bonchev–Trinajstić information content (AvgIpc) is 3.26. The fourth-order valence-corrected chi connectivity index (χ4v) is 3.87. The van der Waals surface area contributed by atoms with Crippen LogP contribution in [0.4, 0.5) is 0 Å². The summed E-state index contributed by atoms with van der Waals surface area (Å²) < 4.78 is 0. The molecule has 0 unspecified atom stereocenters. The first-order valence-corrected chi connectivity index (χ1v) is 8.57. The Morgan fingerprint density at radius 2 is 1.68 bits per heavy atom. The lowest BCUT2D eigenvalue weighted by Gasteiger charge is -2.14. The second-order valence-electron chi connectivity index (χ2n) is 5.83. The monoisotopic (exact) mass is 346 g/mol. The second kappa shape index (κ2) is 5.76. The topological polar surface area (TPSA) is 40.6 Å². The number of carbonyl (C=O) groups is 2. The molecule has 1 aromatic heterocycles. The smallest absolute Gasteiger partial charge is 0.260 e. The molecular weight excluding hydrogens is 332 g/mol. The number of likely N-dealkylation sites (N-methyl/N-ethyl adjacent to an activating group) is 2. The van der Waals surface area contributed by atoms with Gasteiger partial charge in [-0.05, 0) is 24.3 Å². The zero-order chi connectivity index (χ0) is 17.6. The number of thiophene rings is 1. The van der Waals surface area contributed by atoms with Crippen LogP contribution in [0.15, 0.2) is 59.8 Å². The molecule has 4 nitrogen and oxygen atoms in total. The number of rotatable bonds is 1. The van der Waals surface area contributed by atoms with Crippen LogP contribution in [0.25, 0.3) is 5.70 Å². The molecule has 0 radical (unpaired) electrons. The summed E-state index contributed by atoms with van der Waals surface area (Å²) in [5.41, 5.74) is 2.57. The van der Waals surface area contributed by atoms with E-state index in [1.165, 1.54) is 16.2 Å². The maximum absolute atomic E-state index is 12.4. The van der Waals surface area contributed by atoms with Crippen LogP contribution in [-0.4, -0.2) is 35.7 Å². The number of nitrogens with zero attached hydrogens (tertiary/aromatic N) is 2. The molecule has 2 aliphatic rings. The van der Waals surface area contributed by atoms with Gasteiger partial charge in [-0.3, -0.25) is 9.59 Å². The Hall–Kier alpha value is -3.10. The van der Waals surface area contributed by atoms with E-state index in [0.29, 0.717) is 16.8 Å². The van der Waals surface area contributed by atoms with Crippen LogP contribution in [0.3, 0.4) is 0 Å². The number of hydrogen-bond acceptors (Lipinski definition) is 3. The first-order chi connectivity index (χ1) is 12.1. The minimum absolute atomic E-state index is 0.145. The van der Waals surface area contributed by atoms with Gasteiger partial charge < -0.3 is 9.80 Å². The minimum Gasteiger partial charge on any atom is -0.317 e. The molecule has 25 heavy (non-hydrogen) atoms. The summed E-state index contributed by atoms with van der Waals surface area (Å²) in [6, 6.07) is 13.6. The number of amides is 2. The average molecular weight is 346 g/mol. The summed E-state index contributed by atoms with van der Waals surface area (Å²) in [6.07, 6.45) is 1.60. The third-order valence-electron chi connectivity index (χ3n) is 4.18. The maximum atomic E-state index is 12.4. The third-order valence-corrected chi connectivity index (χ3v) is 5.18. The molecule has 0 fully saturated rings. The van der Waals surface area contributed by atoms with Crippen molar-refractivity contribution in [1.29, 1.82) is 0 Å². The van der Waals surface area contributed by atoms with Crippen LogP contribution in [0.2, 0.25) is 0 Å². The van der Waals surface area contributed by atoms with Crippen molar-refractivity contribution in [3.05, 3.63) is 75.1 Å². The number of carbonyl (C=O) groups excluding carboxylic acids is 2. The van der Waals surface area contributed by atoms with E-state index in [4.69, 9.17) is 0 Å². The zero-order valence-electron chi connectivity index (χ0n) is 13.7. The van der Waals surface area contributed by atoms with E-state index in [9.17, 15) is 9.59 Å². The molecule has 1 aromatic carbocycles. The SMILES string of the molecule is CN1C=C2C(=O)N(C)C(c3ccc(C#Cc4ccccc4)s3)=C2C1=O. The van der Waals surface area contributed by atoms with Crippen LogP contribution in [0.5, 0.6) is 0 Å². The Labute approximate surface area is 149 Å². The van der Waals surface area contributed by atoms with Gasteiger partial charge in [-0.15, -0.1) is 11.3 Å². The lowest BCUT2D eigenvalue weighted by Crippen LogP contribution is -2.22. The van der Waals surface area contributed by atoms with Gasteiger partial charge in [0, 0.05) is 25.9 Å². The molecule has 0 atom stereocenters. The third kappa shape index (κ3) is 2.48. The van der Waals surface area contributed by atoms with Gasteiger partial charge in [-0.25, -0.2) is 0 Å². The summed E-state index contributed by atoms with van der Waals surface area (Å²) in [5.74, 6) is 5.98. The fourth-order valence-electron chi connectivity index (χ4n) is 2.93. The standard InChI is InChI=1S/C20H14N2O2S/c1-21-12-15-17(20(21)24)18(22(2)19(15)23)16-11-10-14(25-16)9-8-13-6-4-3-5-7-13/h3-7,10-12H,1-2H3. The molecule has 0 bridgehead atoms. The van der Waals surface area contributed by atoms with Gasteiger partial charge in [0.25, 0.3) is 11.8 Å². The Bertz CT molecular complexity index is 1020. The minimum atomic E-state index is -0.145. The molecule has 0 saturated carbocycles. The van der Waals surface area contributed by atoms with E-state index >= 15 is 0 Å². The molecule has 2 aliphatic heterocycles. The van der Waals surface area contributed by atoms with E-state index in [1.54, 1.807) is 25.2 Å². The van der Waals surface area contributed by atoms with Crippen molar-refractivity contribution in [2.45, 2.75) is 0 Å². The van der Waals surface area contributed by atoms with Crippen molar-refractivity contribution in [2.75, 3.05) is 14.1 Å². The molecule has 2 amide bonds. The van der Waals surface area contributed by atoms with Gasteiger partial charge in [0.05, 0.1) is 26.6 Å². The Kier molecular flexibility index (Phi) is 3.56. The highest BCUT2D eigenvalue weighted by molar-refractivity contribution is 7.13. The molecule has 0 saturated heterocycles. The van der Waals surface area contributed by atoms with Crippen LogP contribution in [-0.2, 0) is 9.59 Å². The van der Waals surface area contributed by atoms with E-state index in [0.717, 1.165) is 15.3 Å². The van der Waals surface area contributed by atoms with Crippen LogP contribution < -0.4 is 0 Å². The van der Waals surface area contributed by atoms with Crippen molar-refractivity contribution < 1.29 is 9.59 Å². The van der Waals surface area contributed by atoms with E-state index in [1.807, 2.05) is 42.5 Å². The summed E-state index contributed by atoms with van der Waals surface area (Å²) in [5, 5.41) is 0. The first-order valence-electron chi connectivity index (χ1n) is 7.75. The largest absolute Gasteiger partial charge is 0.317 e. The molecule has 5 heteroatoms. The summed E-state index contributed by atoms with van der Waals surface area (Å²) in [7, 11) is 3.36. The molecule has 3 heterocycles. The van der Waals surface area contributed by atoms with Crippen molar-refractivity contribution in [1.82, 2.24) is 9.80 Å². The van der Waals surface area contributed by atoms with E-state index in [-0.39, 0.29) is 11.8 Å². The summed E-state index contributed by atoms with van der Waals surface area (Å²) in [6.45, 7) is 0. The highest BCUT2D eigenvalue weighted by Crippen LogP contribution is 2.41. The van der Waals surface area contributed by atoms with Gasteiger partial charge in [-0.1, -0.05) is 30.0 Å². The highest BCUT2D eigenvalue weighted by atomic mass is 32.1.